The summed E-state index contributed by atoms with van der Waals surface area (Å²) in [5.74, 6) is 0. The van der Waals surface area contributed by atoms with Gasteiger partial charge < -0.3 is 0 Å². The highest BCUT2D eigenvalue weighted by Gasteiger charge is 2.22. The lowest BCUT2D eigenvalue weighted by Gasteiger charge is -2.13. The topological polar surface area (TPSA) is 54.5 Å². The van der Waals surface area contributed by atoms with E-state index in [0.717, 1.165) is 6.42 Å². The number of rotatable bonds is 4. The first-order chi connectivity index (χ1) is 5.39. The summed E-state index contributed by atoms with van der Waals surface area (Å²) in [6.45, 7) is 1.89. The Kier molecular flexibility index (Phi) is 4.89. The number of halogens is 2. The largest absolute Gasteiger partial charge is 0.330 e. The summed E-state index contributed by atoms with van der Waals surface area (Å²) >= 11 is 4.99. The smallest absolute Gasteiger partial charge is 0.254 e. The van der Waals surface area contributed by atoms with Gasteiger partial charge >= 0.3 is 14.6 Å². The van der Waals surface area contributed by atoms with Gasteiger partial charge in [0.2, 0.25) is 0 Å². The quantitative estimate of drug-likeness (QED) is 0.551. The molecule has 0 aromatic carbocycles. The van der Waals surface area contributed by atoms with Crippen LogP contribution in [0.25, 0.3) is 0 Å². The molecule has 0 aliphatic heterocycles. The molecule has 0 aromatic heterocycles. The molecule has 0 spiro atoms. The average Bonchev–Trinajstić information content (AvgIpc) is 1.84. The number of amides is 1. The van der Waals surface area contributed by atoms with Gasteiger partial charge in [-0.2, -0.15) is 8.42 Å². The highest BCUT2D eigenvalue weighted by molar-refractivity contribution is 8.12. The minimum absolute atomic E-state index is 0.0324. The van der Waals surface area contributed by atoms with Gasteiger partial charge in [-0.05, 0) is 18.0 Å². The zero-order chi connectivity index (χ0) is 9.78. The van der Waals surface area contributed by atoms with Gasteiger partial charge in [0.05, 0.1) is 0 Å². The highest BCUT2D eigenvalue weighted by atomic mass is 35.7. The molecular formula is C5H9Cl2NO3S. The third-order valence-electron chi connectivity index (χ3n) is 1.17. The van der Waals surface area contributed by atoms with E-state index in [2.05, 4.69) is 0 Å². The molecule has 0 N–H and O–H groups in total. The molecule has 0 saturated carbocycles. The Balaban J connectivity index is 4.36. The van der Waals surface area contributed by atoms with Crippen molar-refractivity contribution in [3.63, 3.8) is 0 Å². The van der Waals surface area contributed by atoms with Gasteiger partial charge in [0, 0.05) is 17.2 Å². The molecular weight excluding hydrogens is 225 g/mol. The normalized spacial score (nSPS) is 11.2. The van der Waals surface area contributed by atoms with Gasteiger partial charge in [-0.25, -0.2) is 4.31 Å². The molecule has 0 heterocycles. The molecule has 72 valence electrons. The van der Waals surface area contributed by atoms with E-state index in [1.54, 1.807) is 0 Å². The molecule has 0 unspecified atom stereocenters. The number of carbonyl (C=O) groups excluding carboxylic acids is 1. The van der Waals surface area contributed by atoms with Gasteiger partial charge in [-0.15, -0.1) is 0 Å². The average molecular weight is 234 g/mol. The van der Waals surface area contributed by atoms with Crippen molar-refractivity contribution in [2.24, 2.45) is 0 Å². The van der Waals surface area contributed by atoms with Gasteiger partial charge in [0.25, 0.3) is 0 Å². The third-order valence-corrected chi connectivity index (χ3v) is 2.85. The highest BCUT2D eigenvalue weighted by Crippen LogP contribution is 2.11. The maximum atomic E-state index is 10.7. The Morgan fingerprint density at radius 3 is 2.25 bits per heavy atom. The molecule has 4 nitrogen and oxygen atoms in total. The van der Waals surface area contributed by atoms with Crippen LogP contribution in [-0.4, -0.2) is 24.6 Å². The fourth-order valence-electron chi connectivity index (χ4n) is 0.584. The molecule has 7 heteroatoms. The van der Waals surface area contributed by atoms with E-state index in [-0.39, 0.29) is 6.54 Å². The van der Waals surface area contributed by atoms with E-state index in [1.165, 1.54) is 0 Å². The van der Waals surface area contributed by atoms with E-state index >= 15 is 0 Å². The SMILES string of the molecule is CCCCN(C(=O)Cl)S(=O)(=O)Cl. The van der Waals surface area contributed by atoms with Crippen LogP contribution < -0.4 is 0 Å². The van der Waals surface area contributed by atoms with E-state index in [0.29, 0.717) is 10.7 Å². The van der Waals surface area contributed by atoms with Gasteiger partial charge in [-0.3, -0.25) is 4.79 Å². The van der Waals surface area contributed by atoms with Crippen LogP contribution in [0, 0.1) is 0 Å². The molecule has 0 fully saturated rings. The summed E-state index contributed by atoms with van der Waals surface area (Å²) in [5, 5.41) is -1.07. The predicted octanol–water partition coefficient (Wildman–Crippen LogP) is 1.93. The van der Waals surface area contributed by atoms with Crippen molar-refractivity contribution in [2.45, 2.75) is 19.8 Å². The Bertz CT molecular complexity index is 251. The first-order valence-electron chi connectivity index (χ1n) is 3.31. The molecule has 12 heavy (non-hydrogen) atoms. The van der Waals surface area contributed by atoms with Crippen LogP contribution in [0.1, 0.15) is 19.8 Å². The third kappa shape index (κ3) is 4.13. The summed E-state index contributed by atoms with van der Waals surface area (Å²) in [7, 11) is 0.910. The van der Waals surface area contributed by atoms with E-state index in [4.69, 9.17) is 22.3 Å². The van der Waals surface area contributed by atoms with Crippen molar-refractivity contribution < 1.29 is 13.2 Å². The molecule has 0 rings (SSSR count). The second-order valence-electron chi connectivity index (χ2n) is 2.12. The minimum atomic E-state index is -4.01. The Hall–Kier alpha value is -0.000000000000000111. The first-order valence-corrected chi connectivity index (χ1v) is 5.95. The van der Waals surface area contributed by atoms with Crippen LogP contribution in [0.3, 0.4) is 0 Å². The summed E-state index contributed by atoms with van der Waals surface area (Å²) in [5.41, 5.74) is 0. The zero-order valence-electron chi connectivity index (χ0n) is 6.46. The molecule has 0 aromatic rings. The van der Waals surface area contributed by atoms with Crippen LogP contribution in [-0.2, 0) is 9.24 Å². The first kappa shape index (κ1) is 12.0. The van der Waals surface area contributed by atoms with Crippen LogP contribution in [0.4, 0.5) is 4.79 Å². The van der Waals surface area contributed by atoms with Crippen molar-refractivity contribution in [3.05, 3.63) is 0 Å². The lowest BCUT2D eigenvalue weighted by molar-refractivity contribution is 0.244. The van der Waals surface area contributed by atoms with Crippen LogP contribution in [0.5, 0.6) is 0 Å². The van der Waals surface area contributed by atoms with Gasteiger partial charge in [-0.1, -0.05) is 13.3 Å². The molecule has 0 aliphatic rings. The predicted molar refractivity (Wildman–Crippen MR) is 47.6 cm³/mol. The fraction of sp³-hybridized carbons (Fsp3) is 0.800. The molecule has 0 radical (unpaired) electrons. The number of carbonyl (C=O) groups is 1. The van der Waals surface area contributed by atoms with Crippen LogP contribution in [0.2, 0.25) is 0 Å². The maximum Gasteiger partial charge on any atom is 0.330 e. The standard InChI is InChI=1S/C5H9Cl2NO3S/c1-2-3-4-8(5(6)9)12(7,10)11/h2-4H2,1H3. The second-order valence-corrected chi connectivity index (χ2v) is 4.88. The van der Waals surface area contributed by atoms with Crippen molar-refractivity contribution in [1.29, 1.82) is 0 Å². The van der Waals surface area contributed by atoms with Crippen molar-refractivity contribution in [3.8, 4) is 0 Å². The van der Waals surface area contributed by atoms with Gasteiger partial charge in [0.1, 0.15) is 0 Å². The molecule has 0 saturated heterocycles. The lowest BCUT2D eigenvalue weighted by atomic mass is 10.3. The summed E-state index contributed by atoms with van der Waals surface area (Å²) in [4.78, 5) is 10.5. The Morgan fingerprint density at radius 1 is 1.50 bits per heavy atom. The molecule has 1 amide bonds. The molecule has 0 aliphatic carbocycles. The Morgan fingerprint density at radius 2 is 2.00 bits per heavy atom. The summed E-state index contributed by atoms with van der Waals surface area (Å²) in [6, 6.07) is 0. The number of hydrogen-bond acceptors (Lipinski definition) is 3. The van der Waals surface area contributed by atoms with E-state index in [9.17, 15) is 13.2 Å². The fourth-order valence-corrected chi connectivity index (χ4v) is 1.96. The maximum absolute atomic E-state index is 10.7. The van der Waals surface area contributed by atoms with Crippen LogP contribution >= 0.6 is 22.3 Å². The van der Waals surface area contributed by atoms with E-state index in [1.807, 2.05) is 6.92 Å². The summed E-state index contributed by atoms with van der Waals surface area (Å²) < 4.78 is 21.8. The number of hydrogen-bond donors (Lipinski definition) is 0. The monoisotopic (exact) mass is 233 g/mol. The van der Waals surface area contributed by atoms with Gasteiger partial charge in [0.15, 0.2) is 0 Å². The number of unbranched alkanes of at least 4 members (excludes halogenated alkanes) is 1. The van der Waals surface area contributed by atoms with Crippen molar-refractivity contribution in [1.82, 2.24) is 4.31 Å². The van der Waals surface area contributed by atoms with Crippen LogP contribution in [0.15, 0.2) is 0 Å². The summed E-state index contributed by atoms with van der Waals surface area (Å²) in [6.07, 6.45) is 1.30. The van der Waals surface area contributed by atoms with Crippen molar-refractivity contribution in [2.75, 3.05) is 6.54 Å². The van der Waals surface area contributed by atoms with E-state index < -0.39 is 14.6 Å². The number of nitrogens with zero attached hydrogens (tertiary/aromatic N) is 1. The minimum Gasteiger partial charge on any atom is -0.254 e. The second kappa shape index (κ2) is 4.89. The molecule has 0 atom stereocenters. The van der Waals surface area contributed by atoms with Crippen molar-refractivity contribution >= 4 is 36.9 Å². The zero-order valence-corrected chi connectivity index (χ0v) is 8.79. The lowest BCUT2D eigenvalue weighted by Crippen LogP contribution is -2.30. The molecule has 0 bridgehead atoms. The Labute approximate surface area is 81.0 Å².